The maximum absolute atomic E-state index is 12.6. The van der Waals surface area contributed by atoms with Gasteiger partial charge in [-0.3, -0.25) is 19.4 Å². The van der Waals surface area contributed by atoms with Crippen LogP contribution in [0.4, 0.5) is 0 Å². The van der Waals surface area contributed by atoms with E-state index in [9.17, 15) is 14.7 Å². The Bertz CT molecular complexity index is 1040. The third-order valence-corrected chi connectivity index (χ3v) is 6.94. The monoisotopic (exact) mass is 652 g/mol. The lowest BCUT2D eigenvalue weighted by molar-refractivity contribution is -0.115. The number of ether oxygens (including phenoxy) is 1. The first-order valence-corrected chi connectivity index (χ1v) is 16.0. The lowest BCUT2D eigenvalue weighted by Crippen LogP contribution is -2.60. The van der Waals surface area contributed by atoms with Gasteiger partial charge in [0.1, 0.15) is 17.3 Å². The van der Waals surface area contributed by atoms with E-state index in [2.05, 4.69) is 38.8 Å². The van der Waals surface area contributed by atoms with E-state index in [-0.39, 0.29) is 36.0 Å². The van der Waals surface area contributed by atoms with Gasteiger partial charge in [-0.15, -0.1) is 0 Å². The number of aliphatic hydroxyl groups is 2. The molecular weight excluding hydrogens is 592 g/mol. The first-order chi connectivity index (χ1) is 22.0. The second-order valence-corrected chi connectivity index (χ2v) is 9.98. The molecule has 14 nitrogen and oxygen atoms in total. The van der Waals surface area contributed by atoms with Gasteiger partial charge in [0.25, 0.3) is 5.91 Å². The number of primary amides is 1. The number of piperazine rings is 1. The number of aliphatic imine (C=N–C) groups is 1. The topological polar surface area (TPSA) is 199 Å². The number of hydrogen-bond acceptors (Lipinski definition) is 11. The number of amides is 2. The molecule has 2 fully saturated rings. The smallest absolute Gasteiger partial charge is 0.286 e. The average molecular weight is 653 g/mol. The van der Waals surface area contributed by atoms with Gasteiger partial charge in [0.05, 0.1) is 13.7 Å². The summed E-state index contributed by atoms with van der Waals surface area (Å²) in [4.78, 5) is 43.4. The highest BCUT2D eigenvalue weighted by molar-refractivity contribution is 6.37. The SMILES string of the molecule is C=C(O)/C=C(OCC)\C(=C/C)CN1CCC(N2CCN(/C(=N/C(N)=C/C(N)=O)C(=O)NC)CC2CC)CC1.CC.CCO.CN=O. The molecule has 7 N–H and O–H groups in total. The van der Waals surface area contributed by atoms with Gasteiger partial charge in [-0.05, 0) is 53.1 Å². The van der Waals surface area contributed by atoms with Crippen LogP contribution in [0.15, 0.2) is 57.9 Å². The molecule has 2 heterocycles. The molecule has 1 atom stereocenters. The summed E-state index contributed by atoms with van der Waals surface area (Å²) in [6.07, 6.45) is 7.62. The molecule has 0 aromatic rings. The fourth-order valence-corrected chi connectivity index (χ4v) is 5.08. The largest absolute Gasteiger partial charge is 0.508 e. The maximum atomic E-state index is 12.6. The molecule has 2 aliphatic heterocycles. The van der Waals surface area contributed by atoms with Gasteiger partial charge < -0.3 is 36.6 Å². The Labute approximate surface area is 275 Å². The molecule has 0 saturated carbocycles. The Morgan fingerprint density at radius 3 is 2.09 bits per heavy atom. The Morgan fingerprint density at radius 1 is 1.09 bits per heavy atom. The van der Waals surface area contributed by atoms with Crippen molar-refractivity contribution in [2.24, 2.45) is 21.6 Å². The molecule has 0 aromatic heterocycles. The number of allylic oxidation sites excluding steroid dienone is 2. The van der Waals surface area contributed by atoms with Crippen LogP contribution >= 0.6 is 0 Å². The number of piperidine rings is 1. The third kappa shape index (κ3) is 17.1. The highest BCUT2D eigenvalue weighted by Gasteiger charge is 2.35. The van der Waals surface area contributed by atoms with Crippen LogP contribution in [-0.2, 0) is 14.3 Å². The number of nitrogens with one attached hydrogen (secondary N) is 1. The number of hydrogen-bond donors (Lipinski definition) is 5. The summed E-state index contributed by atoms with van der Waals surface area (Å²) in [5.41, 5.74) is 12.0. The summed E-state index contributed by atoms with van der Waals surface area (Å²) in [5.74, 6) is -0.328. The van der Waals surface area contributed by atoms with Gasteiger partial charge in [0, 0.05) is 69.6 Å². The predicted octanol–water partition coefficient (Wildman–Crippen LogP) is 2.62. The van der Waals surface area contributed by atoms with Gasteiger partial charge in [0.2, 0.25) is 5.91 Å². The van der Waals surface area contributed by atoms with Gasteiger partial charge in [-0.1, -0.05) is 38.6 Å². The molecule has 0 bridgehead atoms. The van der Waals surface area contributed by atoms with E-state index in [0.29, 0.717) is 31.5 Å². The van der Waals surface area contributed by atoms with Crippen molar-refractivity contribution in [2.75, 3.05) is 66.6 Å². The quantitative estimate of drug-likeness (QED) is 0.0584. The molecule has 2 rings (SSSR count). The number of carbonyl (C=O) groups excluding carboxylic acids is 2. The van der Waals surface area contributed by atoms with E-state index in [1.54, 1.807) is 20.0 Å². The van der Waals surface area contributed by atoms with Crippen LogP contribution in [0.25, 0.3) is 0 Å². The van der Waals surface area contributed by atoms with Crippen LogP contribution in [0.1, 0.15) is 60.8 Å². The fraction of sp³-hybridized carbons (Fsp3) is 0.656. The van der Waals surface area contributed by atoms with E-state index in [1.165, 1.54) is 7.05 Å². The van der Waals surface area contributed by atoms with Crippen molar-refractivity contribution in [2.45, 2.75) is 72.9 Å². The molecule has 264 valence electrons. The number of carbonyl (C=O) groups is 2. The van der Waals surface area contributed by atoms with Crippen LogP contribution in [0.3, 0.4) is 0 Å². The molecule has 0 aliphatic carbocycles. The standard InChI is InChI=1S/C27H45N7O4.C2H6O.C2H6.CH3NO/c1-6-20(23(38-8-3)15-19(4)35)17-32-11-9-22(10-12-32)34-14-13-33(18-21(34)7-2)26(27(37)30-5)31-24(28)16-25(29)36;1-2-3;1-2;1-2-3/h6,15-16,21-22,35H,4,7-14,17-18,28H2,1-3,5H3,(H2,29,36)(H,30,37);3H,2H2,1H3;1-2H3;1H3/b20-6-,23-15+,24-16+,31-26+;;;. The van der Waals surface area contributed by atoms with Crippen LogP contribution < -0.4 is 16.8 Å². The zero-order valence-corrected chi connectivity index (χ0v) is 29.3. The Morgan fingerprint density at radius 2 is 1.65 bits per heavy atom. The van der Waals surface area contributed by atoms with E-state index >= 15 is 0 Å². The van der Waals surface area contributed by atoms with E-state index in [1.807, 2.05) is 38.7 Å². The number of likely N-dealkylation sites (N-methyl/N-ethyl adjacent to an activating group) is 1. The molecule has 1 unspecified atom stereocenters. The molecule has 0 radical (unpaired) electrons. The maximum Gasteiger partial charge on any atom is 0.286 e. The van der Waals surface area contributed by atoms with Gasteiger partial charge >= 0.3 is 0 Å². The molecule has 2 aliphatic rings. The number of nitrogens with zero attached hydrogens (tertiary/aromatic N) is 5. The summed E-state index contributed by atoms with van der Waals surface area (Å²) in [6.45, 7) is 20.8. The van der Waals surface area contributed by atoms with Gasteiger partial charge in [0.15, 0.2) is 5.84 Å². The van der Waals surface area contributed by atoms with Gasteiger partial charge in [-0.2, -0.15) is 4.91 Å². The van der Waals surface area contributed by atoms with Crippen LogP contribution in [0.5, 0.6) is 0 Å². The van der Waals surface area contributed by atoms with Gasteiger partial charge in [-0.25, -0.2) is 4.99 Å². The average Bonchev–Trinajstić information content (AvgIpc) is 3.03. The fourth-order valence-electron chi connectivity index (χ4n) is 5.08. The number of aliphatic hydroxyl groups excluding tert-OH is 2. The Balaban J connectivity index is 0. The van der Waals surface area contributed by atoms with Crippen molar-refractivity contribution in [1.29, 1.82) is 0 Å². The number of rotatable bonds is 10. The Kier molecular flexibility index (Phi) is 25.5. The number of likely N-dealkylation sites (tertiary alicyclic amines) is 1. The summed E-state index contributed by atoms with van der Waals surface area (Å²) in [5, 5.41) is 22.1. The lowest BCUT2D eigenvalue weighted by Gasteiger charge is -2.48. The molecule has 2 saturated heterocycles. The zero-order chi connectivity index (χ0) is 35.7. The molecule has 46 heavy (non-hydrogen) atoms. The van der Waals surface area contributed by atoms with Crippen molar-refractivity contribution in [3.05, 3.63) is 52.6 Å². The van der Waals surface area contributed by atoms with Crippen LogP contribution in [0.2, 0.25) is 0 Å². The third-order valence-electron chi connectivity index (χ3n) is 6.94. The van der Waals surface area contributed by atoms with Crippen molar-refractivity contribution in [3.8, 4) is 0 Å². The van der Waals surface area contributed by atoms with E-state index in [0.717, 1.165) is 57.1 Å². The van der Waals surface area contributed by atoms with E-state index < -0.39 is 5.91 Å². The summed E-state index contributed by atoms with van der Waals surface area (Å²) >= 11 is 0. The summed E-state index contributed by atoms with van der Waals surface area (Å²) in [6, 6.07) is 0.706. The molecule has 0 spiro atoms. The molecule has 2 amide bonds. The Hall–Kier alpha value is -3.75. The highest BCUT2D eigenvalue weighted by atomic mass is 16.5. The predicted molar refractivity (Wildman–Crippen MR) is 186 cm³/mol. The van der Waals surface area contributed by atoms with Crippen LogP contribution in [-0.4, -0.2) is 121 Å². The van der Waals surface area contributed by atoms with Crippen molar-refractivity contribution < 1.29 is 24.5 Å². The van der Waals surface area contributed by atoms with Crippen LogP contribution in [0, 0.1) is 4.91 Å². The first kappa shape index (κ1) is 44.4. The normalized spacial score (nSPS) is 18.5. The molecule has 0 aromatic carbocycles. The molecular formula is C32H60N8O6. The zero-order valence-electron chi connectivity index (χ0n) is 29.3. The summed E-state index contributed by atoms with van der Waals surface area (Å²) in [7, 11) is 2.74. The van der Waals surface area contributed by atoms with Crippen molar-refractivity contribution >= 4 is 17.6 Å². The minimum absolute atomic E-state index is 0.0209. The van der Waals surface area contributed by atoms with Crippen molar-refractivity contribution in [3.63, 3.8) is 0 Å². The molecule has 14 heteroatoms. The number of nitroso groups, excluding NO2 is 1. The number of amidine groups is 1. The van der Waals surface area contributed by atoms with Crippen molar-refractivity contribution in [1.82, 2.24) is 20.0 Å². The summed E-state index contributed by atoms with van der Waals surface area (Å²) < 4.78 is 5.75. The minimum atomic E-state index is -0.712. The lowest BCUT2D eigenvalue weighted by atomic mass is 9.97. The number of nitrogens with two attached hydrogens (primary N) is 2. The highest BCUT2D eigenvalue weighted by Crippen LogP contribution is 2.25. The minimum Gasteiger partial charge on any atom is -0.508 e. The second-order valence-electron chi connectivity index (χ2n) is 9.98. The second kappa shape index (κ2) is 26.5. The first-order valence-electron chi connectivity index (χ1n) is 16.0. The van der Waals surface area contributed by atoms with E-state index in [4.69, 9.17) is 26.2 Å².